The maximum Gasteiger partial charge on any atom is 0.271 e. The lowest BCUT2D eigenvalue weighted by molar-refractivity contribution is 0.0937. The molecule has 1 aromatic heterocycles. The average molecular weight is 179 g/mol. The van der Waals surface area contributed by atoms with Gasteiger partial charge < -0.3 is 5.32 Å². The molecule has 0 saturated carbocycles. The van der Waals surface area contributed by atoms with Gasteiger partial charge >= 0.3 is 0 Å². The quantitative estimate of drug-likeness (QED) is 0.734. The number of nitrogens with zero attached hydrogens (tertiary/aromatic N) is 2. The Hall–Kier alpha value is -1.45. The molecule has 0 aliphatic heterocycles. The minimum absolute atomic E-state index is 0.121. The number of aromatic nitrogens is 2. The number of hydrogen-bond donors (Lipinski definition) is 1. The molecule has 4 heteroatoms. The van der Waals surface area contributed by atoms with E-state index in [1.807, 2.05) is 20.8 Å². The number of rotatable bonds is 2. The summed E-state index contributed by atoms with van der Waals surface area (Å²) in [6.45, 7) is 5.64. The van der Waals surface area contributed by atoms with Crippen molar-refractivity contribution in [3.05, 3.63) is 23.8 Å². The molecule has 1 heterocycles. The Morgan fingerprint density at radius 3 is 2.54 bits per heavy atom. The molecule has 0 unspecified atom stereocenters. The molecule has 13 heavy (non-hydrogen) atoms. The second kappa shape index (κ2) is 3.98. The zero-order chi connectivity index (χ0) is 9.84. The molecule has 0 aliphatic rings. The molecule has 0 aliphatic carbocycles. The summed E-state index contributed by atoms with van der Waals surface area (Å²) in [6, 6.07) is 0.121. The monoisotopic (exact) mass is 179 g/mol. The number of nitrogens with one attached hydrogen (secondary N) is 1. The summed E-state index contributed by atoms with van der Waals surface area (Å²) in [5.41, 5.74) is 1.17. The first-order chi connectivity index (χ1) is 6.09. The van der Waals surface area contributed by atoms with E-state index in [4.69, 9.17) is 0 Å². The Labute approximate surface area is 77.4 Å². The van der Waals surface area contributed by atoms with E-state index in [0.29, 0.717) is 5.69 Å². The van der Waals surface area contributed by atoms with Crippen molar-refractivity contribution in [3.8, 4) is 0 Å². The van der Waals surface area contributed by atoms with Crippen LogP contribution in [0.1, 0.15) is 30.0 Å². The maximum atomic E-state index is 11.4. The Morgan fingerprint density at radius 1 is 1.38 bits per heavy atom. The summed E-state index contributed by atoms with van der Waals surface area (Å²) in [7, 11) is 0. The third-order valence-electron chi connectivity index (χ3n) is 1.43. The van der Waals surface area contributed by atoms with Gasteiger partial charge in [0.15, 0.2) is 0 Å². The van der Waals surface area contributed by atoms with E-state index in [9.17, 15) is 4.79 Å². The predicted molar refractivity (Wildman–Crippen MR) is 49.4 cm³/mol. The van der Waals surface area contributed by atoms with Gasteiger partial charge in [-0.15, -0.1) is 0 Å². The van der Waals surface area contributed by atoms with Crippen LogP contribution in [0.15, 0.2) is 12.4 Å². The third-order valence-corrected chi connectivity index (χ3v) is 1.43. The summed E-state index contributed by atoms with van der Waals surface area (Å²) in [4.78, 5) is 19.3. The highest BCUT2D eigenvalue weighted by atomic mass is 16.1. The minimum atomic E-state index is -0.178. The number of carbonyl (C=O) groups excluding carboxylic acids is 1. The first-order valence-electron chi connectivity index (χ1n) is 4.19. The van der Waals surface area contributed by atoms with Crippen LogP contribution in [0, 0.1) is 6.92 Å². The second-order valence-electron chi connectivity index (χ2n) is 3.17. The third kappa shape index (κ3) is 2.82. The highest BCUT2D eigenvalue weighted by molar-refractivity contribution is 5.92. The van der Waals surface area contributed by atoms with Crippen molar-refractivity contribution in [1.29, 1.82) is 0 Å². The normalized spacial score (nSPS) is 10.2. The van der Waals surface area contributed by atoms with Crippen LogP contribution in [0.3, 0.4) is 0 Å². The van der Waals surface area contributed by atoms with Crippen LogP contribution in [0.25, 0.3) is 0 Å². The van der Waals surface area contributed by atoms with Crippen LogP contribution in [0.5, 0.6) is 0 Å². The molecule has 0 saturated heterocycles. The molecule has 1 aromatic rings. The Balaban J connectivity index is 2.72. The molecule has 1 amide bonds. The summed E-state index contributed by atoms with van der Waals surface area (Å²) in [5.74, 6) is -0.178. The van der Waals surface area contributed by atoms with E-state index in [2.05, 4.69) is 15.3 Å². The summed E-state index contributed by atoms with van der Waals surface area (Å²) in [5, 5.41) is 2.74. The van der Waals surface area contributed by atoms with Crippen molar-refractivity contribution in [2.45, 2.75) is 26.8 Å². The molecule has 1 N–H and O–H groups in total. The lowest BCUT2D eigenvalue weighted by Gasteiger charge is -2.06. The van der Waals surface area contributed by atoms with Gasteiger partial charge in [0.25, 0.3) is 5.91 Å². The van der Waals surface area contributed by atoms with Gasteiger partial charge in [0, 0.05) is 12.2 Å². The zero-order valence-electron chi connectivity index (χ0n) is 8.03. The van der Waals surface area contributed by atoms with E-state index in [1.54, 1.807) is 6.20 Å². The summed E-state index contributed by atoms with van der Waals surface area (Å²) >= 11 is 0. The smallest absolute Gasteiger partial charge is 0.271 e. The number of hydrogen-bond acceptors (Lipinski definition) is 3. The van der Waals surface area contributed by atoms with Crippen LogP contribution in [0.4, 0.5) is 0 Å². The van der Waals surface area contributed by atoms with Crippen molar-refractivity contribution in [1.82, 2.24) is 15.3 Å². The maximum absolute atomic E-state index is 11.4. The van der Waals surface area contributed by atoms with Crippen molar-refractivity contribution in [2.75, 3.05) is 0 Å². The number of aryl methyl sites for hydroxylation is 1. The summed E-state index contributed by atoms with van der Waals surface area (Å²) in [6.07, 6.45) is 3.06. The highest BCUT2D eigenvalue weighted by Crippen LogP contribution is 1.94. The van der Waals surface area contributed by atoms with Gasteiger partial charge in [-0.3, -0.25) is 9.78 Å². The van der Waals surface area contributed by atoms with Gasteiger partial charge in [-0.05, 0) is 20.8 Å². The lowest BCUT2D eigenvalue weighted by Crippen LogP contribution is -2.30. The van der Waals surface area contributed by atoms with E-state index in [0.717, 1.165) is 5.69 Å². The molecule has 0 aromatic carbocycles. The average Bonchev–Trinajstić information content (AvgIpc) is 2.04. The van der Waals surface area contributed by atoms with E-state index >= 15 is 0 Å². The molecular formula is C9H13N3O. The molecular weight excluding hydrogens is 166 g/mol. The highest BCUT2D eigenvalue weighted by Gasteiger charge is 2.07. The number of carbonyl (C=O) groups is 1. The zero-order valence-corrected chi connectivity index (χ0v) is 8.03. The fourth-order valence-corrected chi connectivity index (χ4v) is 0.846. The Morgan fingerprint density at radius 2 is 2.08 bits per heavy atom. The fraction of sp³-hybridized carbons (Fsp3) is 0.444. The minimum Gasteiger partial charge on any atom is -0.348 e. The molecule has 0 radical (unpaired) electrons. The van der Waals surface area contributed by atoms with Crippen molar-refractivity contribution in [3.63, 3.8) is 0 Å². The van der Waals surface area contributed by atoms with Gasteiger partial charge in [0.1, 0.15) is 5.69 Å². The van der Waals surface area contributed by atoms with Crippen LogP contribution in [0.2, 0.25) is 0 Å². The standard InChI is InChI=1S/C9H13N3O/c1-6(2)12-9(13)8-5-10-7(3)4-11-8/h4-6H,1-3H3,(H,12,13). The molecule has 1 rings (SSSR count). The first-order valence-corrected chi connectivity index (χ1v) is 4.19. The van der Waals surface area contributed by atoms with Gasteiger partial charge in [-0.2, -0.15) is 0 Å². The van der Waals surface area contributed by atoms with Crippen molar-refractivity contribution in [2.24, 2.45) is 0 Å². The van der Waals surface area contributed by atoms with Crippen LogP contribution >= 0.6 is 0 Å². The summed E-state index contributed by atoms with van der Waals surface area (Å²) < 4.78 is 0. The van der Waals surface area contributed by atoms with E-state index in [1.165, 1.54) is 6.20 Å². The van der Waals surface area contributed by atoms with E-state index in [-0.39, 0.29) is 11.9 Å². The van der Waals surface area contributed by atoms with Crippen LogP contribution in [-0.2, 0) is 0 Å². The van der Waals surface area contributed by atoms with E-state index < -0.39 is 0 Å². The molecule has 70 valence electrons. The lowest BCUT2D eigenvalue weighted by atomic mass is 10.3. The second-order valence-corrected chi connectivity index (χ2v) is 3.17. The van der Waals surface area contributed by atoms with Gasteiger partial charge in [-0.25, -0.2) is 4.98 Å². The fourth-order valence-electron chi connectivity index (χ4n) is 0.846. The molecule has 0 spiro atoms. The number of amides is 1. The van der Waals surface area contributed by atoms with Crippen LogP contribution < -0.4 is 5.32 Å². The molecule has 0 fully saturated rings. The SMILES string of the molecule is Cc1cnc(C(=O)NC(C)C)cn1. The molecule has 0 atom stereocenters. The van der Waals surface area contributed by atoms with Gasteiger partial charge in [-0.1, -0.05) is 0 Å². The van der Waals surface area contributed by atoms with Crippen LogP contribution in [-0.4, -0.2) is 21.9 Å². The van der Waals surface area contributed by atoms with Crippen molar-refractivity contribution >= 4 is 5.91 Å². The van der Waals surface area contributed by atoms with Gasteiger partial charge in [0.05, 0.1) is 11.9 Å². The van der Waals surface area contributed by atoms with Gasteiger partial charge in [0.2, 0.25) is 0 Å². The Bertz CT molecular complexity index is 292. The predicted octanol–water partition coefficient (Wildman–Crippen LogP) is 0.923. The topological polar surface area (TPSA) is 54.9 Å². The van der Waals surface area contributed by atoms with Crippen molar-refractivity contribution < 1.29 is 4.79 Å². The molecule has 4 nitrogen and oxygen atoms in total. The largest absolute Gasteiger partial charge is 0.348 e. The molecule has 0 bridgehead atoms. The Kier molecular flexibility index (Phi) is 2.95. The first kappa shape index (κ1) is 9.64.